The standard InChI is InChI=1S/C37H38Cl2FN3O6S/c1-48-34-20-19-29(22-35(34)49-2)50(46,47)43(28-17-15-26(40)16-18-28)24-36(44)42(23-30-31(38)13-8-14-32(30)39)33(21-25-9-4-3-5-10-25)37(45)41-27-11-6-7-12-27/h3-5,8-10,13-20,22,27,33H,6-7,11-12,21,23-24H2,1-2H3,(H,41,45). The van der Waals surface area contributed by atoms with Gasteiger partial charge in [0.15, 0.2) is 11.5 Å². The van der Waals surface area contributed by atoms with E-state index in [1.165, 1.54) is 49.5 Å². The van der Waals surface area contributed by atoms with Crippen LogP contribution in [0.5, 0.6) is 11.5 Å². The summed E-state index contributed by atoms with van der Waals surface area (Å²) in [5.74, 6) is -1.23. The highest BCUT2D eigenvalue weighted by Crippen LogP contribution is 2.33. The first-order valence-corrected chi connectivity index (χ1v) is 18.3. The number of anilines is 1. The van der Waals surface area contributed by atoms with E-state index in [9.17, 15) is 22.4 Å². The molecule has 1 saturated carbocycles. The maximum absolute atomic E-state index is 14.7. The lowest BCUT2D eigenvalue weighted by atomic mass is 10.0. The average molecular weight is 743 g/mol. The Kier molecular flexibility index (Phi) is 12.3. The van der Waals surface area contributed by atoms with Crippen LogP contribution >= 0.6 is 23.2 Å². The second-order valence-corrected chi connectivity index (χ2v) is 14.6. The van der Waals surface area contributed by atoms with Crippen molar-refractivity contribution in [2.75, 3.05) is 25.1 Å². The normalized spacial score (nSPS) is 13.8. The van der Waals surface area contributed by atoms with E-state index >= 15 is 0 Å². The molecule has 1 unspecified atom stereocenters. The fourth-order valence-corrected chi connectivity index (χ4v) is 7.96. The second-order valence-electron chi connectivity index (χ2n) is 11.9. The first kappa shape index (κ1) is 36.9. The summed E-state index contributed by atoms with van der Waals surface area (Å²) < 4.78 is 54.4. The molecule has 1 atom stereocenters. The number of nitrogens with zero attached hydrogens (tertiary/aromatic N) is 2. The van der Waals surface area contributed by atoms with Crippen LogP contribution in [0, 0.1) is 5.82 Å². The Hall–Kier alpha value is -4.32. The van der Waals surface area contributed by atoms with Gasteiger partial charge < -0.3 is 19.7 Å². The van der Waals surface area contributed by atoms with Crippen molar-refractivity contribution in [1.82, 2.24) is 10.2 Å². The van der Waals surface area contributed by atoms with Crippen LogP contribution in [0.25, 0.3) is 0 Å². The van der Waals surface area contributed by atoms with Crippen molar-refractivity contribution in [2.45, 2.75) is 55.6 Å². The number of ether oxygens (including phenoxy) is 2. The summed E-state index contributed by atoms with van der Waals surface area (Å²) in [7, 11) is -1.70. The van der Waals surface area contributed by atoms with Gasteiger partial charge in [-0.3, -0.25) is 13.9 Å². The van der Waals surface area contributed by atoms with Crippen LogP contribution in [-0.2, 0) is 32.6 Å². The van der Waals surface area contributed by atoms with Crippen LogP contribution in [0.15, 0.2) is 95.9 Å². The molecule has 264 valence electrons. The molecule has 0 aromatic heterocycles. The lowest BCUT2D eigenvalue weighted by Crippen LogP contribution is -2.54. The van der Waals surface area contributed by atoms with Crippen LogP contribution in [0.2, 0.25) is 10.0 Å². The number of amides is 2. The smallest absolute Gasteiger partial charge is 0.264 e. The Morgan fingerprint density at radius 3 is 2.14 bits per heavy atom. The summed E-state index contributed by atoms with van der Waals surface area (Å²) in [6.45, 7) is -0.938. The van der Waals surface area contributed by atoms with Gasteiger partial charge in [0.25, 0.3) is 10.0 Å². The third kappa shape index (κ3) is 8.69. The first-order valence-electron chi connectivity index (χ1n) is 16.1. The Morgan fingerprint density at radius 1 is 0.880 bits per heavy atom. The number of sulfonamides is 1. The number of carbonyl (C=O) groups is 2. The molecule has 1 N–H and O–H groups in total. The monoisotopic (exact) mass is 741 g/mol. The fourth-order valence-electron chi connectivity index (χ4n) is 6.02. The average Bonchev–Trinajstić information content (AvgIpc) is 3.63. The highest BCUT2D eigenvalue weighted by atomic mass is 35.5. The van der Waals surface area contributed by atoms with Crippen molar-refractivity contribution < 1.29 is 31.9 Å². The molecular formula is C37H38Cl2FN3O6S. The van der Waals surface area contributed by atoms with Gasteiger partial charge in [0.05, 0.1) is 24.8 Å². The Balaban J connectivity index is 1.61. The molecule has 4 aromatic carbocycles. The predicted molar refractivity (Wildman–Crippen MR) is 192 cm³/mol. The van der Waals surface area contributed by atoms with Crippen LogP contribution < -0.4 is 19.1 Å². The molecule has 13 heteroatoms. The van der Waals surface area contributed by atoms with Gasteiger partial charge in [-0.1, -0.05) is 72.4 Å². The van der Waals surface area contributed by atoms with Crippen molar-refractivity contribution in [3.05, 3.63) is 118 Å². The summed E-state index contributed by atoms with van der Waals surface area (Å²) >= 11 is 13.2. The third-order valence-corrected chi connectivity index (χ3v) is 11.2. The molecule has 1 fully saturated rings. The number of hydrogen-bond donors (Lipinski definition) is 1. The van der Waals surface area contributed by atoms with E-state index < -0.39 is 34.3 Å². The summed E-state index contributed by atoms with van der Waals surface area (Å²) in [5, 5.41) is 3.67. The fraction of sp³-hybridized carbons (Fsp3) is 0.297. The van der Waals surface area contributed by atoms with E-state index in [2.05, 4.69) is 5.32 Å². The van der Waals surface area contributed by atoms with Gasteiger partial charge >= 0.3 is 0 Å². The molecule has 0 heterocycles. The highest BCUT2D eigenvalue weighted by molar-refractivity contribution is 7.92. The summed E-state index contributed by atoms with van der Waals surface area (Å²) in [5.41, 5.74) is 1.21. The van der Waals surface area contributed by atoms with Gasteiger partial charge in [0, 0.05) is 40.7 Å². The van der Waals surface area contributed by atoms with Gasteiger partial charge in [-0.25, -0.2) is 12.8 Å². The molecule has 5 rings (SSSR count). The molecule has 0 spiro atoms. The van der Waals surface area contributed by atoms with E-state index in [1.54, 1.807) is 18.2 Å². The number of nitrogens with one attached hydrogen (secondary N) is 1. The number of rotatable bonds is 14. The van der Waals surface area contributed by atoms with Crippen molar-refractivity contribution in [2.24, 2.45) is 0 Å². The number of methoxy groups -OCH3 is 2. The van der Waals surface area contributed by atoms with E-state index in [4.69, 9.17) is 32.7 Å². The number of benzene rings is 4. The zero-order chi connectivity index (χ0) is 35.8. The molecule has 0 radical (unpaired) electrons. The van der Waals surface area contributed by atoms with Crippen LogP contribution in [0.3, 0.4) is 0 Å². The van der Waals surface area contributed by atoms with Crippen molar-refractivity contribution >= 4 is 50.7 Å². The Labute approximate surface area is 301 Å². The number of hydrogen-bond acceptors (Lipinski definition) is 6. The SMILES string of the molecule is COc1ccc(S(=O)(=O)N(CC(=O)N(Cc2c(Cl)cccc2Cl)C(Cc2ccccc2)C(=O)NC2CCCC2)c2ccc(F)cc2)cc1OC. The lowest BCUT2D eigenvalue weighted by molar-refractivity contribution is -0.140. The van der Waals surface area contributed by atoms with Crippen molar-refractivity contribution in [1.29, 1.82) is 0 Å². The molecule has 50 heavy (non-hydrogen) atoms. The van der Waals surface area contributed by atoms with Gasteiger partial charge in [-0.15, -0.1) is 0 Å². The molecular weight excluding hydrogens is 704 g/mol. The zero-order valence-corrected chi connectivity index (χ0v) is 30.0. The van der Waals surface area contributed by atoms with Crippen LogP contribution in [-0.4, -0.2) is 58.0 Å². The lowest BCUT2D eigenvalue weighted by Gasteiger charge is -2.34. The first-order chi connectivity index (χ1) is 24.0. The van der Waals surface area contributed by atoms with Crippen LogP contribution in [0.4, 0.5) is 10.1 Å². The quantitative estimate of drug-likeness (QED) is 0.149. The van der Waals surface area contributed by atoms with E-state index in [0.29, 0.717) is 11.3 Å². The second kappa shape index (κ2) is 16.6. The molecule has 0 saturated heterocycles. The summed E-state index contributed by atoms with van der Waals surface area (Å²) in [6.07, 6.45) is 3.72. The maximum atomic E-state index is 14.7. The van der Waals surface area contributed by atoms with Crippen LogP contribution in [0.1, 0.15) is 36.8 Å². The largest absolute Gasteiger partial charge is 0.493 e. The Morgan fingerprint density at radius 2 is 1.52 bits per heavy atom. The molecule has 1 aliphatic rings. The minimum absolute atomic E-state index is 0.0280. The van der Waals surface area contributed by atoms with Crippen molar-refractivity contribution in [3.63, 3.8) is 0 Å². The molecule has 1 aliphatic carbocycles. The van der Waals surface area contributed by atoms with Crippen molar-refractivity contribution in [3.8, 4) is 11.5 Å². The van der Waals surface area contributed by atoms with Gasteiger partial charge in [-0.05, 0) is 66.9 Å². The molecule has 0 bridgehead atoms. The summed E-state index contributed by atoms with van der Waals surface area (Å²) in [4.78, 5) is 30.0. The number of carbonyl (C=O) groups excluding carboxylic acids is 2. The number of halogens is 3. The van der Waals surface area contributed by atoms with E-state index in [0.717, 1.165) is 47.7 Å². The van der Waals surface area contributed by atoms with Gasteiger partial charge in [-0.2, -0.15) is 0 Å². The molecule has 0 aliphatic heterocycles. The van der Waals surface area contributed by atoms with E-state index in [-0.39, 0.29) is 51.3 Å². The van der Waals surface area contributed by atoms with E-state index in [1.807, 2.05) is 30.3 Å². The zero-order valence-electron chi connectivity index (χ0n) is 27.7. The Bertz CT molecular complexity index is 1890. The maximum Gasteiger partial charge on any atom is 0.264 e. The minimum atomic E-state index is -4.49. The minimum Gasteiger partial charge on any atom is -0.493 e. The predicted octanol–water partition coefficient (Wildman–Crippen LogP) is 7.04. The molecule has 4 aromatic rings. The highest BCUT2D eigenvalue weighted by Gasteiger charge is 2.36. The van der Waals surface area contributed by atoms with Gasteiger partial charge in [0.2, 0.25) is 11.8 Å². The third-order valence-electron chi connectivity index (χ3n) is 8.70. The molecule has 9 nitrogen and oxygen atoms in total. The van der Waals surface area contributed by atoms with Gasteiger partial charge in [0.1, 0.15) is 18.4 Å². The summed E-state index contributed by atoms with van der Waals surface area (Å²) in [6, 6.07) is 21.8. The molecule has 2 amide bonds. The topological polar surface area (TPSA) is 105 Å².